The first kappa shape index (κ1) is 30.3. The molecule has 1 saturated heterocycles. The van der Waals surface area contributed by atoms with Gasteiger partial charge in [-0.15, -0.1) is 0 Å². The molecule has 0 bridgehead atoms. The number of methoxy groups -OCH3 is 1. The minimum atomic E-state index is -0.692. The van der Waals surface area contributed by atoms with Crippen molar-refractivity contribution in [3.8, 4) is 28.3 Å². The first-order chi connectivity index (χ1) is 21.7. The number of fused-ring (bicyclic) bond motifs is 1. The molecular formula is C33H33ClN6O5. The van der Waals surface area contributed by atoms with Gasteiger partial charge in [0.2, 0.25) is 11.8 Å². The number of nitrogens with zero attached hydrogens (tertiary/aromatic N) is 2. The fourth-order valence-corrected chi connectivity index (χ4v) is 6.46. The molecule has 1 aliphatic heterocycles. The molecule has 12 heteroatoms. The summed E-state index contributed by atoms with van der Waals surface area (Å²) in [6.45, 7) is 2.55. The van der Waals surface area contributed by atoms with Crippen molar-refractivity contribution in [3.63, 3.8) is 0 Å². The average molecular weight is 629 g/mol. The third-order valence-electron chi connectivity index (χ3n) is 8.62. The number of halogens is 1. The molecule has 2 aromatic carbocycles. The Morgan fingerprint density at radius 3 is 2.60 bits per heavy atom. The molecule has 2 aromatic heterocycles. The van der Waals surface area contributed by atoms with Gasteiger partial charge in [0, 0.05) is 60.7 Å². The zero-order valence-electron chi connectivity index (χ0n) is 25.1. The van der Waals surface area contributed by atoms with Gasteiger partial charge in [-0.05, 0) is 55.0 Å². The number of carbonyl (C=O) groups excluding carboxylic acids is 2. The third kappa shape index (κ3) is 5.76. The Labute approximate surface area is 264 Å². The normalized spacial score (nSPS) is 17.2. The molecule has 1 fully saturated rings. The molecule has 0 saturated carbocycles. The highest BCUT2D eigenvalue weighted by atomic mass is 35.5. The number of H-pyrrole nitrogens is 1. The van der Waals surface area contributed by atoms with Gasteiger partial charge >= 0.3 is 5.69 Å². The number of aryl methyl sites for hydroxylation is 1. The molecular weight excluding hydrogens is 596 g/mol. The van der Waals surface area contributed by atoms with Crippen LogP contribution >= 0.6 is 11.6 Å². The number of aromatic amines is 1. The number of pyridine rings is 1. The van der Waals surface area contributed by atoms with E-state index in [1.807, 2.05) is 31.2 Å². The Balaban J connectivity index is 1.29. The van der Waals surface area contributed by atoms with Gasteiger partial charge in [0.25, 0.3) is 11.5 Å². The van der Waals surface area contributed by atoms with Gasteiger partial charge in [0.05, 0.1) is 17.8 Å². The Kier molecular flexibility index (Phi) is 8.30. The van der Waals surface area contributed by atoms with Gasteiger partial charge in [0.1, 0.15) is 5.56 Å². The summed E-state index contributed by atoms with van der Waals surface area (Å²) in [4.78, 5) is 56.1. The van der Waals surface area contributed by atoms with Gasteiger partial charge < -0.3 is 25.7 Å². The number of aromatic nitrogens is 3. The lowest BCUT2D eigenvalue weighted by Gasteiger charge is -2.20. The summed E-state index contributed by atoms with van der Waals surface area (Å²) in [7, 11) is 2.92. The van der Waals surface area contributed by atoms with Crippen molar-refractivity contribution in [1.29, 1.82) is 0 Å². The highest BCUT2D eigenvalue weighted by Crippen LogP contribution is 2.43. The highest BCUT2D eigenvalue weighted by molar-refractivity contribution is 6.36. The van der Waals surface area contributed by atoms with Crippen molar-refractivity contribution >= 4 is 29.1 Å². The van der Waals surface area contributed by atoms with Crippen LogP contribution in [0.5, 0.6) is 5.88 Å². The molecule has 0 radical (unpaired) electrons. The molecule has 11 nitrogen and oxygen atoms in total. The fraction of sp³-hybridized carbons (Fsp3) is 0.303. The summed E-state index contributed by atoms with van der Waals surface area (Å²) in [6.07, 6.45) is 4.27. The fourth-order valence-electron chi connectivity index (χ4n) is 6.14. The number of rotatable bonds is 8. The maximum absolute atomic E-state index is 13.0. The quantitative estimate of drug-likeness (QED) is 0.232. The summed E-state index contributed by atoms with van der Waals surface area (Å²) in [5.74, 6) is 0.00657. The Morgan fingerprint density at radius 1 is 1.09 bits per heavy atom. The second-order valence-electron chi connectivity index (χ2n) is 11.4. The van der Waals surface area contributed by atoms with Gasteiger partial charge in [-0.1, -0.05) is 41.9 Å². The van der Waals surface area contributed by atoms with Crippen molar-refractivity contribution in [2.75, 3.05) is 19.0 Å². The van der Waals surface area contributed by atoms with E-state index in [0.29, 0.717) is 35.2 Å². The summed E-state index contributed by atoms with van der Waals surface area (Å²) in [5.41, 5.74) is 4.93. The standard InChI is InChI=1S/C33H33ClN6O5/c1-17-20(6-5-9-24(17)38-30(42)23-16-36-33(44)40(2)32(23)43)21-7-4-8-22(29(21)34)26-14-18-10-12-25(28(18)31(39-26)45-3)35-15-19-11-13-27(41)37-19/h4-9,14,16,19,25,35H,10-13,15H2,1-3H3,(H,36,44)(H,37,41)(H,38,42)/t19-,25-/m0/s1. The SMILES string of the molecule is COc1nc(-c2cccc(-c3cccc(NC(=O)c4c[nH]c(=O)n(C)c4=O)c3C)c2Cl)cc2c1[C@@H](NC[C@@H]1CCC(=O)N1)CC2. The molecule has 232 valence electrons. The van der Waals surface area contributed by atoms with Crippen molar-refractivity contribution in [2.45, 2.75) is 44.7 Å². The molecule has 2 atom stereocenters. The minimum absolute atomic E-state index is 0.0766. The van der Waals surface area contributed by atoms with Crippen LogP contribution in [0, 0.1) is 6.92 Å². The topological polar surface area (TPSA) is 147 Å². The van der Waals surface area contributed by atoms with E-state index in [1.54, 1.807) is 19.2 Å². The lowest BCUT2D eigenvalue weighted by atomic mass is 9.96. The summed E-state index contributed by atoms with van der Waals surface area (Å²) >= 11 is 7.07. The monoisotopic (exact) mass is 628 g/mol. The van der Waals surface area contributed by atoms with Gasteiger partial charge in [-0.25, -0.2) is 9.78 Å². The molecule has 45 heavy (non-hydrogen) atoms. The molecule has 1 aliphatic carbocycles. The van der Waals surface area contributed by atoms with Crippen LogP contribution in [0.1, 0.15) is 52.4 Å². The van der Waals surface area contributed by atoms with Gasteiger partial charge in [-0.3, -0.25) is 19.0 Å². The van der Waals surface area contributed by atoms with Crippen LogP contribution in [0.4, 0.5) is 5.69 Å². The van der Waals surface area contributed by atoms with E-state index < -0.39 is 17.2 Å². The number of ether oxygens (including phenoxy) is 1. The van der Waals surface area contributed by atoms with E-state index in [-0.39, 0.29) is 23.6 Å². The van der Waals surface area contributed by atoms with Gasteiger partial charge in [-0.2, -0.15) is 0 Å². The van der Waals surface area contributed by atoms with E-state index in [4.69, 9.17) is 21.3 Å². The van der Waals surface area contributed by atoms with E-state index in [0.717, 1.165) is 63.4 Å². The number of amides is 2. The first-order valence-electron chi connectivity index (χ1n) is 14.8. The van der Waals surface area contributed by atoms with Crippen LogP contribution < -0.4 is 31.9 Å². The molecule has 0 unspecified atom stereocenters. The second kappa shape index (κ2) is 12.3. The molecule has 0 spiro atoms. The van der Waals surface area contributed by atoms with Crippen molar-refractivity contribution < 1.29 is 14.3 Å². The van der Waals surface area contributed by atoms with Crippen LogP contribution in [0.2, 0.25) is 5.02 Å². The van der Waals surface area contributed by atoms with Crippen LogP contribution in [-0.4, -0.2) is 46.0 Å². The minimum Gasteiger partial charge on any atom is -0.481 e. The molecule has 3 heterocycles. The van der Waals surface area contributed by atoms with Crippen LogP contribution in [0.25, 0.3) is 22.4 Å². The van der Waals surface area contributed by atoms with E-state index in [9.17, 15) is 19.2 Å². The van der Waals surface area contributed by atoms with Crippen molar-refractivity contribution in [1.82, 2.24) is 25.2 Å². The third-order valence-corrected chi connectivity index (χ3v) is 9.03. The second-order valence-corrected chi connectivity index (χ2v) is 11.7. The number of benzene rings is 2. The summed E-state index contributed by atoms with van der Waals surface area (Å²) < 4.78 is 6.62. The van der Waals surface area contributed by atoms with Crippen LogP contribution in [0.15, 0.2) is 58.3 Å². The number of anilines is 1. The van der Waals surface area contributed by atoms with E-state index >= 15 is 0 Å². The molecule has 4 aromatic rings. The van der Waals surface area contributed by atoms with Crippen molar-refractivity contribution in [3.05, 3.63) is 96.8 Å². The number of hydrogen-bond donors (Lipinski definition) is 4. The number of nitrogens with one attached hydrogen (secondary N) is 4. The predicted octanol–water partition coefficient (Wildman–Crippen LogP) is 3.88. The first-order valence-corrected chi connectivity index (χ1v) is 15.1. The molecule has 6 rings (SSSR count). The van der Waals surface area contributed by atoms with Crippen LogP contribution in [-0.2, 0) is 18.3 Å². The predicted molar refractivity (Wildman–Crippen MR) is 172 cm³/mol. The highest BCUT2D eigenvalue weighted by Gasteiger charge is 2.30. The lowest BCUT2D eigenvalue weighted by Crippen LogP contribution is -2.37. The van der Waals surface area contributed by atoms with Gasteiger partial charge in [0.15, 0.2) is 0 Å². The zero-order valence-corrected chi connectivity index (χ0v) is 25.9. The van der Waals surface area contributed by atoms with Crippen LogP contribution in [0.3, 0.4) is 0 Å². The van der Waals surface area contributed by atoms with E-state index in [2.05, 4.69) is 27.0 Å². The smallest absolute Gasteiger partial charge is 0.328 e. The Morgan fingerprint density at radius 2 is 1.84 bits per heavy atom. The molecule has 4 N–H and O–H groups in total. The number of carbonyl (C=O) groups is 2. The lowest BCUT2D eigenvalue weighted by molar-refractivity contribution is -0.119. The largest absolute Gasteiger partial charge is 0.481 e. The maximum atomic E-state index is 13.0. The summed E-state index contributed by atoms with van der Waals surface area (Å²) in [5, 5.41) is 9.90. The zero-order chi connectivity index (χ0) is 31.8. The number of hydrogen-bond acceptors (Lipinski definition) is 7. The average Bonchev–Trinajstić information content (AvgIpc) is 3.65. The molecule has 2 amide bonds. The Hall–Kier alpha value is -4.74. The van der Waals surface area contributed by atoms with E-state index in [1.165, 1.54) is 7.05 Å². The van der Waals surface area contributed by atoms with Crippen molar-refractivity contribution in [2.24, 2.45) is 7.05 Å². The molecule has 2 aliphatic rings. The summed E-state index contributed by atoms with van der Waals surface area (Å²) in [6, 6.07) is 13.5. The maximum Gasteiger partial charge on any atom is 0.328 e. The Bertz CT molecular complexity index is 1950.